The average Bonchev–Trinajstić information content (AvgIpc) is 3.21. The molecule has 38 heavy (non-hydrogen) atoms. The van der Waals surface area contributed by atoms with Gasteiger partial charge in [0.2, 0.25) is 17.5 Å². The highest BCUT2D eigenvalue weighted by molar-refractivity contribution is 6.37. The lowest BCUT2D eigenvalue weighted by Gasteiger charge is -2.40. The molecule has 1 spiro atoms. The number of amides is 1. The zero-order valence-corrected chi connectivity index (χ0v) is 19.1. The molecule has 182 valence electrons. The number of allylic oxidation sites excluding steroid dienone is 2. The average molecular weight is 504 g/mol. The summed E-state index contributed by atoms with van der Waals surface area (Å²) in [7, 11) is 0. The molecule has 10 nitrogen and oxygen atoms in total. The van der Waals surface area contributed by atoms with Crippen LogP contribution in [0.5, 0.6) is 0 Å². The van der Waals surface area contributed by atoms with E-state index in [1.165, 1.54) is 42.5 Å². The Balaban J connectivity index is 1.63. The van der Waals surface area contributed by atoms with E-state index in [-0.39, 0.29) is 33.5 Å². The highest BCUT2D eigenvalue weighted by Crippen LogP contribution is 2.57. The third kappa shape index (κ3) is 2.38. The minimum atomic E-state index is -2.34. The molecular formula is C28H12N2O8. The number of anilines is 1. The number of non-ortho nitro benzene ring substituents is 1. The van der Waals surface area contributed by atoms with Gasteiger partial charge in [0.1, 0.15) is 5.41 Å². The van der Waals surface area contributed by atoms with Crippen molar-refractivity contribution in [1.29, 1.82) is 0 Å². The summed E-state index contributed by atoms with van der Waals surface area (Å²) in [5.41, 5.74) is -3.72. The molecule has 0 radical (unpaired) electrons. The lowest BCUT2D eigenvalue weighted by atomic mass is 9.60. The highest BCUT2D eigenvalue weighted by Gasteiger charge is 2.64. The third-order valence-electron chi connectivity index (χ3n) is 7.31. The van der Waals surface area contributed by atoms with Gasteiger partial charge in [-0.3, -0.25) is 34.1 Å². The Kier molecular flexibility index (Phi) is 4.03. The number of ketones is 4. The Labute approximate surface area is 212 Å². The minimum Gasteiger partial charge on any atom is -0.448 e. The summed E-state index contributed by atoms with van der Waals surface area (Å²) >= 11 is 0. The van der Waals surface area contributed by atoms with Gasteiger partial charge < -0.3 is 10.1 Å². The Morgan fingerprint density at radius 2 is 1.16 bits per heavy atom. The van der Waals surface area contributed by atoms with Crippen LogP contribution in [0.4, 0.5) is 11.4 Å². The summed E-state index contributed by atoms with van der Waals surface area (Å²) in [5, 5.41) is 14.3. The van der Waals surface area contributed by atoms with Gasteiger partial charge in [-0.25, -0.2) is 0 Å². The Bertz CT molecular complexity index is 1750. The first-order valence-electron chi connectivity index (χ1n) is 11.4. The Hall–Kier alpha value is -5.51. The van der Waals surface area contributed by atoms with Crippen molar-refractivity contribution in [2.45, 2.75) is 5.41 Å². The summed E-state index contributed by atoms with van der Waals surface area (Å²) in [6, 6.07) is 15.3. The number of nitro groups is 1. The summed E-state index contributed by atoms with van der Waals surface area (Å²) in [6.45, 7) is 0. The van der Waals surface area contributed by atoms with E-state index in [0.29, 0.717) is 0 Å². The van der Waals surface area contributed by atoms with Crippen LogP contribution in [-0.2, 0) is 14.9 Å². The van der Waals surface area contributed by atoms with Crippen molar-refractivity contribution in [3.05, 3.63) is 127 Å². The van der Waals surface area contributed by atoms with E-state index in [1.807, 2.05) is 0 Å². The maximum atomic E-state index is 14.0. The molecule has 0 saturated carbocycles. The number of benzene rings is 3. The molecule has 2 aliphatic carbocycles. The largest absolute Gasteiger partial charge is 0.448 e. The second-order valence-corrected chi connectivity index (χ2v) is 9.11. The first-order valence-corrected chi connectivity index (χ1v) is 11.4. The Morgan fingerprint density at radius 3 is 1.63 bits per heavy atom. The van der Waals surface area contributed by atoms with Crippen LogP contribution < -0.4 is 5.32 Å². The van der Waals surface area contributed by atoms with Crippen molar-refractivity contribution in [2.75, 3.05) is 5.32 Å². The molecule has 3 aromatic carbocycles. The maximum Gasteiger partial charge on any atom is 0.269 e. The number of carbonyl (C=O) groups is 5. The van der Waals surface area contributed by atoms with Gasteiger partial charge in [0, 0.05) is 45.6 Å². The monoisotopic (exact) mass is 504 g/mol. The first kappa shape index (κ1) is 21.7. The van der Waals surface area contributed by atoms with Gasteiger partial charge in [0.05, 0.1) is 16.1 Å². The normalized spacial score (nSPS) is 18.4. The van der Waals surface area contributed by atoms with Crippen molar-refractivity contribution >= 4 is 40.4 Å². The third-order valence-corrected chi connectivity index (χ3v) is 7.31. The molecule has 7 rings (SSSR count). The van der Waals surface area contributed by atoms with E-state index in [4.69, 9.17) is 4.74 Å². The number of hydrogen-bond acceptors (Lipinski definition) is 8. The first-order chi connectivity index (χ1) is 18.3. The van der Waals surface area contributed by atoms with Crippen LogP contribution in [0, 0.1) is 10.1 Å². The number of nitrogens with zero attached hydrogens (tertiary/aromatic N) is 1. The Morgan fingerprint density at radius 1 is 0.684 bits per heavy atom. The van der Waals surface area contributed by atoms with Crippen LogP contribution >= 0.6 is 0 Å². The van der Waals surface area contributed by atoms with Crippen molar-refractivity contribution < 1.29 is 33.6 Å². The lowest BCUT2D eigenvalue weighted by Crippen LogP contribution is -2.51. The molecular weight excluding hydrogens is 492 g/mol. The van der Waals surface area contributed by atoms with E-state index >= 15 is 0 Å². The minimum absolute atomic E-state index is 0.00288. The van der Waals surface area contributed by atoms with Crippen LogP contribution in [0.25, 0.3) is 0 Å². The van der Waals surface area contributed by atoms with Gasteiger partial charge in [0.25, 0.3) is 5.69 Å². The molecule has 1 amide bonds. The van der Waals surface area contributed by atoms with E-state index in [9.17, 15) is 34.1 Å². The number of Topliss-reactive ketones (excluding diaryl/α,β-unsaturated/α-hetero) is 4. The molecule has 4 aliphatic rings. The number of rotatable bonds is 1. The summed E-state index contributed by atoms with van der Waals surface area (Å²) in [6.07, 6.45) is 0. The van der Waals surface area contributed by atoms with Gasteiger partial charge in [-0.15, -0.1) is 0 Å². The summed E-state index contributed by atoms with van der Waals surface area (Å²) in [4.78, 5) is 80.3. The molecule has 0 unspecified atom stereocenters. The van der Waals surface area contributed by atoms with Crippen LogP contribution in [0.3, 0.4) is 0 Å². The predicted molar refractivity (Wildman–Crippen MR) is 129 cm³/mol. The van der Waals surface area contributed by atoms with E-state index in [2.05, 4.69) is 5.32 Å². The van der Waals surface area contributed by atoms with Crippen LogP contribution in [0.2, 0.25) is 0 Å². The van der Waals surface area contributed by atoms with Crippen molar-refractivity contribution in [3.63, 3.8) is 0 Å². The van der Waals surface area contributed by atoms with E-state index < -0.39 is 67.7 Å². The second kappa shape index (κ2) is 7.04. The topological polar surface area (TPSA) is 150 Å². The molecule has 3 aromatic rings. The second-order valence-electron chi connectivity index (χ2n) is 9.11. The molecule has 0 aromatic heterocycles. The fourth-order valence-electron chi connectivity index (χ4n) is 5.71. The van der Waals surface area contributed by atoms with Gasteiger partial charge in [-0.2, -0.15) is 0 Å². The quantitative estimate of drug-likeness (QED) is 0.391. The van der Waals surface area contributed by atoms with Crippen LogP contribution in [-0.4, -0.2) is 34.0 Å². The smallest absolute Gasteiger partial charge is 0.269 e. The number of ether oxygens (including phenoxy) is 1. The van der Waals surface area contributed by atoms with Crippen molar-refractivity contribution in [2.24, 2.45) is 0 Å². The van der Waals surface area contributed by atoms with Crippen LogP contribution in [0.1, 0.15) is 47.0 Å². The predicted octanol–water partition coefficient (Wildman–Crippen LogP) is 3.48. The number of nitro benzene ring substituents is 1. The molecule has 0 fully saturated rings. The summed E-state index contributed by atoms with van der Waals surface area (Å²) < 4.78 is 5.81. The molecule has 0 saturated heterocycles. The van der Waals surface area contributed by atoms with Gasteiger partial charge >= 0.3 is 0 Å². The number of nitrogens with one attached hydrogen (secondary N) is 1. The standard InChI is InChI=1S/C28H12N2O8/c31-21-13-5-1-3-7-15(13)23(33)25-19(21)28(17-11-12(30(36)37)9-10-18(17)29-27(28)35)20-22(32)14-6-2-4-8-16(14)24(34)26(20)38-25/h1-11H,(H,29,35). The summed E-state index contributed by atoms with van der Waals surface area (Å²) in [5.74, 6) is -5.09. The molecule has 10 heteroatoms. The fourth-order valence-corrected chi connectivity index (χ4v) is 5.71. The molecule has 2 aliphatic heterocycles. The molecule has 0 atom stereocenters. The molecule has 2 heterocycles. The van der Waals surface area contributed by atoms with Crippen LogP contribution in [0.15, 0.2) is 89.4 Å². The van der Waals surface area contributed by atoms with Gasteiger partial charge in [0.15, 0.2) is 23.1 Å². The van der Waals surface area contributed by atoms with E-state index in [0.717, 1.165) is 12.1 Å². The van der Waals surface area contributed by atoms with Gasteiger partial charge in [-0.05, 0) is 6.07 Å². The van der Waals surface area contributed by atoms with Crippen molar-refractivity contribution in [1.82, 2.24) is 0 Å². The maximum absolute atomic E-state index is 14.0. The van der Waals surface area contributed by atoms with Crippen molar-refractivity contribution in [3.8, 4) is 0 Å². The SMILES string of the molecule is O=C1C2=C(C(=O)c3ccccc31)C1(C(=O)Nc3ccc([N+](=O)[O-])cc31)C1=C(O2)C(=O)c2ccccc2C1=O. The number of fused-ring (bicyclic) bond motifs is 6. The number of hydrogen-bond donors (Lipinski definition) is 1. The number of carbonyl (C=O) groups excluding carboxylic acids is 5. The fraction of sp³-hybridized carbons (Fsp3) is 0.0357. The zero-order valence-electron chi connectivity index (χ0n) is 19.1. The highest BCUT2D eigenvalue weighted by atomic mass is 16.6. The lowest BCUT2D eigenvalue weighted by molar-refractivity contribution is -0.384. The van der Waals surface area contributed by atoms with E-state index in [1.54, 1.807) is 12.1 Å². The zero-order chi connectivity index (χ0) is 26.5. The molecule has 0 bridgehead atoms. The van der Waals surface area contributed by atoms with Gasteiger partial charge in [-0.1, -0.05) is 48.5 Å². The molecule has 1 N–H and O–H groups in total.